The molecule has 0 unspecified atom stereocenters. The summed E-state index contributed by atoms with van der Waals surface area (Å²) in [5, 5.41) is 3.38. The fraction of sp³-hybridized carbons (Fsp3) is 0.238. The Labute approximate surface area is 149 Å². The summed E-state index contributed by atoms with van der Waals surface area (Å²) in [5.41, 5.74) is 2.50. The molecule has 25 heavy (non-hydrogen) atoms. The molecular formula is C21H24N4. The van der Waals surface area contributed by atoms with E-state index < -0.39 is 0 Å². The number of aromatic nitrogens is 2. The molecule has 0 saturated heterocycles. The van der Waals surface area contributed by atoms with Gasteiger partial charge in [0.2, 0.25) is 0 Å². The largest absolute Gasteiger partial charge is 0.366 e. The number of nitrogens with one attached hydrogen (secondary N) is 1. The predicted molar refractivity (Wildman–Crippen MR) is 104 cm³/mol. The molecule has 0 aliphatic carbocycles. The maximum absolute atomic E-state index is 4.49. The average Bonchev–Trinajstić information content (AvgIpc) is 2.66. The highest BCUT2D eigenvalue weighted by Crippen LogP contribution is 2.20. The second kappa shape index (κ2) is 8.29. The zero-order valence-corrected chi connectivity index (χ0v) is 14.8. The standard InChI is InChI=1S/C21H24N4/c1-17(2)25(15-19-11-7-4-8-12-19)21-13-20(23-16-24-21)22-14-18-9-5-3-6-10-18/h3-13,16-17H,14-15H2,1-2H3,(H,22,23,24). The van der Waals surface area contributed by atoms with Gasteiger partial charge in [-0.05, 0) is 25.0 Å². The van der Waals surface area contributed by atoms with Gasteiger partial charge in [0.1, 0.15) is 18.0 Å². The van der Waals surface area contributed by atoms with Crippen LogP contribution in [0.4, 0.5) is 11.6 Å². The fourth-order valence-electron chi connectivity index (χ4n) is 2.70. The molecule has 0 aliphatic rings. The first-order valence-electron chi connectivity index (χ1n) is 8.63. The van der Waals surface area contributed by atoms with Crippen LogP contribution in [-0.4, -0.2) is 16.0 Å². The normalized spacial score (nSPS) is 10.7. The summed E-state index contributed by atoms with van der Waals surface area (Å²) in [6.45, 7) is 5.94. The van der Waals surface area contributed by atoms with Gasteiger partial charge in [0.15, 0.2) is 0 Å². The smallest absolute Gasteiger partial charge is 0.134 e. The molecule has 3 aromatic rings. The van der Waals surface area contributed by atoms with E-state index in [2.05, 4.69) is 70.4 Å². The minimum Gasteiger partial charge on any atom is -0.366 e. The molecule has 128 valence electrons. The van der Waals surface area contributed by atoms with Crippen molar-refractivity contribution in [1.29, 1.82) is 0 Å². The van der Waals surface area contributed by atoms with Crippen LogP contribution in [0.2, 0.25) is 0 Å². The zero-order chi connectivity index (χ0) is 17.5. The lowest BCUT2D eigenvalue weighted by Gasteiger charge is -2.28. The number of hydrogen-bond donors (Lipinski definition) is 1. The molecule has 0 amide bonds. The molecule has 0 atom stereocenters. The van der Waals surface area contributed by atoms with Gasteiger partial charge in [0.05, 0.1) is 0 Å². The molecule has 0 fully saturated rings. The second-order valence-corrected chi connectivity index (χ2v) is 6.31. The van der Waals surface area contributed by atoms with E-state index in [9.17, 15) is 0 Å². The third kappa shape index (κ3) is 4.80. The second-order valence-electron chi connectivity index (χ2n) is 6.31. The molecule has 4 heteroatoms. The van der Waals surface area contributed by atoms with E-state index in [1.165, 1.54) is 11.1 Å². The molecule has 3 rings (SSSR count). The zero-order valence-electron chi connectivity index (χ0n) is 14.8. The molecule has 0 spiro atoms. The van der Waals surface area contributed by atoms with Crippen molar-refractivity contribution in [3.63, 3.8) is 0 Å². The maximum atomic E-state index is 4.49. The summed E-state index contributed by atoms with van der Waals surface area (Å²) in [6, 6.07) is 23.2. The Hall–Kier alpha value is -2.88. The van der Waals surface area contributed by atoms with Gasteiger partial charge in [-0.15, -0.1) is 0 Å². The molecule has 0 radical (unpaired) electrons. The lowest BCUT2D eigenvalue weighted by Crippen LogP contribution is -2.31. The van der Waals surface area contributed by atoms with Crippen LogP contribution in [0.15, 0.2) is 73.1 Å². The molecule has 1 aromatic heterocycles. The summed E-state index contributed by atoms with van der Waals surface area (Å²) in [5.74, 6) is 1.77. The van der Waals surface area contributed by atoms with Crippen molar-refractivity contribution in [2.24, 2.45) is 0 Å². The van der Waals surface area contributed by atoms with Gasteiger partial charge >= 0.3 is 0 Å². The van der Waals surface area contributed by atoms with Gasteiger partial charge in [0, 0.05) is 25.2 Å². The van der Waals surface area contributed by atoms with Crippen molar-refractivity contribution in [2.45, 2.75) is 33.0 Å². The van der Waals surface area contributed by atoms with Crippen LogP contribution in [0.1, 0.15) is 25.0 Å². The highest BCUT2D eigenvalue weighted by Gasteiger charge is 2.13. The van der Waals surface area contributed by atoms with Crippen LogP contribution >= 0.6 is 0 Å². The number of anilines is 2. The lowest BCUT2D eigenvalue weighted by atomic mass is 10.2. The molecule has 0 aliphatic heterocycles. The van der Waals surface area contributed by atoms with Crippen molar-refractivity contribution >= 4 is 11.6 Å². The van der Waals surface area contributed by atoms with E-state index in [1.54, 1.807) is 6.33 Å². The van der Waals surface area contributed by atoms with Crippen molar-refractivity contribution in [3.05, 3.63) is 84.2 Å². The van der Waals surface area contributed by atoms with E-state index in [-0.39, 0.29) is 0 Å². The van der Waals surface area contributed by atoms with E-state index >= 15 is 0 Å². The van der Waals surface area contributed by atoms with Crippen molar-refractivity contribution in [3.8, 4) is 0 Å². The van der Waals surface area contributed by atoms with E-state index in [0.29, 0.717) is 6.04 Å². The Balaban J connectivity index is 1.73. The Kier molecular flexibility index (Phi) is 5.62. The quantitative estimate of drug-likeness (QED) is 0.691. The van der Waals surface area contributed by atoms with Gasteiger partial charge in [-0.1, -0.05) is 60.7 Å². The van der Waals surface area contributed by atoms with Crippen molar-refractivity contribution < 1.29 is 0 Å². The van der Waals surface area contributed by atoms with Gasteiger partial charge < -0.3 is 10.2 Å². The van der Waals surface area contributed by atoms with Crippen molar-refractivity contribution in [1.82, 2.24) is 9.97 Å². The minimum atomic E-state index is 0.345. The Morgan fingerprint density at radius 3 is 2.16 bits per heavy atom. The van der Waals surface area contributed by atoms with E-state index in [0.717, 1.165) is 24.7 Å². The Bertz CT molecular complexity index is 772. The first kappa shape index (κ1) is 17.0. The summed E-state index contributed by atoms with van der Waals surface area (Å²) in [4.78, 5) is 11.1. The molecule has 2 aromatic carbocycles. The SMILES string of the molecule is CC(C)N(Cc1ccccc1)c1cc(NCc2ccccc2)ncn1. The van der Waals surface area contributed by atoms with Crippen LogP contribution in [0.5, 0.6) is 0 Å². The number of nitrogens with zero attached hydrogens (tertiary/aromatic N) is 3. The molecule has 0 bridgehead atoms. The molecule has 4 nitrogen and oxygen atoms in total. The number of benzene rings is 2. The summed E-state index contributed by atoms with van der Waals surface area (Å²) < 4.78 is 0. The first-order valence-corrected chi connectivity index (χ1v) is 8.63. The highest BCUT2D eigenvalue weighted by atomic mass is 15.2. The topological polar surface area (TPSA) is 41.0 Å². The molecular weight excluding hydrogens is 308 g/mol. The van der Waals surface area contributed by atoms with Gasteiger partial charge in [-0.2, -0.15) is 0 Å². The van der Waals surface area contributed by atoms with Gasteiger partial charge in [-0.25, -0.2) is 9.97 Å². The molecule has 1 heterocycles. The summed E-state index contributed by atoms with van der Waals surface area (Å²) >= 11 is 0. The number of hydrogen-bond acceptors (Lipinski definition) is 4. The fourth-order valence-corrected chi connectivity index (χ4v) is 2.70. The monoisotopic (exact) mass is 332 g/mol. The molecule has 1 N–H and O–H groups in total. The predicted octanol–water partition coefficient (Wildman–Crippen LogP) is 4.50. The average molecular weight is 332 g/mol. The summed E-state index contributed by atoms with van der Waals surface area (Å²) in [7, 11) is 0. The Morgan fingerprint density at radius 2 is 1.52 bits per heavy atom. The Morgan fingerprint density at radius 1 is 0.880 bits per heavy atom. The molecule has 0 saturated carbocycles. The first-order chi connectivity index (χ1) is 12.2. The van der Waals surface area contributed by atoms with Gasteiger partial charge in [-0.3, -0.25) is 0 Å². The highest BCUT2D eigenvalue weighted by molar-refractivity contribution is 5.49. The number of rotatable bonds is 7. The van der Waals surface area contributed by atoms with Crippen LogP contribution in [-0.2, 0) is 13.1 Å². The summed E-state index contributed by atoms with van der Waals surface area (Å²) in [6.07, 6.45) is 1.63. The third-order valence-corrected chi connectivity index (χ3v) is 4.08. The lowest BCUT2D eigenvalue weighted by molar-refractivity contribution is 0.671. The minimum absolute atomic E-state index is 0.345. The van der Waals surface area contributed by atoms with E-state index in [1.807, 2.05) is 30.3 Å². The van der Waals surface area contributed by atoms with Crippen LogP contribution < -0.4 is 10.2 Å². The van der Waals surface area contributed by atoms with Crippen molar-refractivity contribution in [2.75, 3.05) is 10.2 Å². The van der Waals surface area contributed by atoms with E-state index in [4.69, 9.17) is 0 Å². The van der Waals surface area contributed by atoms with Gasteiger partial charge in [0.25, 0.3) is 0 Å². The van der Waals surface area contributed by atoms with Crippen LogP contribution in [0, 0.1) is 0 Å². The third-order valence-electron chi connectivity index (χ3n) is 4.08. The maximum Gasteiger partial charge on any atom is 0.134 e. The van der Waals surface area contributed by atoms with Crippen LogP contribution in [0.3, 0.4) is 0 Å². The van der Waals surface area contributed by atoms with Crippen LogP contribution in [0.25, 0.3) is 0 Å².